The number of nitrogens with one attached hydrogen (secondary N) is 2. The lowest BCUT2D eigenvalue weighted by Crippen LogP contribution is -2.46. The minimum atomic E-state index is -0.534. The SMILES string of the molecule is N[C@H](Cc1ccc(Oc2ccnc3[nH]ccc23)cc1)C(=O)NC1CCCCC1. The zero-order valence-corrected chi connectivity index (χ0v) is 15.9. The number of pyridine rings is 1. The highest BCUT2D eigenvalue weighted by Gasteiger charge is 2.20. The molecule has 3 aromatic rings. The Balaban J connectivity index is 1.35. The molecule has 4 N–H and O–H groups in total. The van der Waals surface area contributed by atoms with Crippen molar-refractivity contribution in [1.82, 2.24) is 15.3 Å². The number of nitrogens with two attached hydrogens (primary N) is 1. The van der Waals surface area contributed by atoms with E-state index in [1.165, 1.54) is 19.3 Å². The van der Waals surface area contributed by atoms with E-state index in [0.717, 1.165) is 40.9 Å². The van der Waals surface area contributed by atoms with Crippen LogP contribution in [0.15, 0.2) is 48.8 Å². The van der Waals surface area contributed by atoms with Gasteiger partial charge in [0, 0.05) is 18.4 Å². The zero-order chi connectivity index (χ0) is 19.3. The lowest BCUT2D eigenvalue weighted by molar-refractivity contribution is -0.123. The Kier molecular flexibility index (Phi) is 5.58. The topological polar surface area (TPSA) is 93.0 Å². The summed E-state index contributed by atoms with van der Waals surface area (Å²) in [5, 5.41) is 4.04. The van der Waals surface area contributed by atoms with E-state index in [2.05, 4.69) is 15.3 Å². The Morgan fingerprint density at radius 1 is 1.18 bits per heavy atom. The maximum Gasteiger partial charge on any atom is 0.237 e. The molecule has 146 valence electrons. The van der Waals surface area contributed by atoms with Crippen LogP contribution in [0.5, 0.6) is 11.5 Å². The lowest BCUT2D eigenvalue weighted by Gasteiger charge is -2.24. The van der Waals surface area contributed by atoms with Gasteiger partial charge in [0.2, 0.25) is 5.91 Å². The second-order valence-electron chi connectivity index (χ2n) is 7.45. The highest BCUT2D eigenvalue weighted by Crippen LogP contribution is 2.28. The van der Waals surface area contributed by atoms with Gasteiger partial charge >= 0.3 is 0 Å². The number of ether oxygens (including phenoxy) is 1. The molecule has 6 nitrogen and oxygen atoms in total. The first kappa shape index (κ1) is 18.5. The van der Waals surface area contributed by atoms with Gasteiger partial charge in [-0.15, -0.1) is 0 Å². The van der Waals surface area contributed by atoms with E-state index < -0.39 is 6.04 Å². The summed E-state index contributed by atoms with van der Waals surface area (Å²) in [6.07, 6.45) is 9.84. The molecule has 1 aromatic carbocycles. The molecule has 1 aliphatic rings. The summed E-state index contributed by atoms with van der Waals surface area (Å²) in [7, 11) is 0. The van der Waals surface area contributed by atoms with Crippen molar-refractivity contribution in [1.29, 1.82) is 0 Å². The number of carbonyl (C=O) groups excluding carboxylic acids is 1. The van der Waals surface area contributed by atoms with Crippen molar-refractivity contribution in [2.75, 3.05) is 0 Å². The lowest BCUT2D eigenvalue weighted by atomic mass is 9.95. The number of aromatic nitrogens is 2. The molecule has 1 saturated carbocycles. The maximum atomic E-state index is 12.4. The molecule has 0 aliphatic heterocycles. The van der Waals surface area contributed by atoms with Crippen molar-refractivity contribution in [2.45, 2.75) is 50.6 Å². The van der Waals surface area contributed by atoms with Crippen molar-refractivity contribution in [3.05, 3.63) is 54.4 Å². The van der Waals surface area contributed by atoms with Crippen molar-refractivity contribution < 1.29 is 9.53 Å². The predicted molar refractivity (Wildman–Crippen MR) is 109 cm³/mol. The fourth-order valence-corrected chi connectivity index (χ4v) is 3.75. The zero-order valence-electron chi connectivity index (χ0n) is 15.9. The van der Waals surface area contributed by atoms with Crippen LogP contribution >= 0.6 is 0 Å². The molecule has 1 atom stereocenters. The van der Waals surface area contributed by atoms with E-state index in [0.29, 0.717) is 6.42 Å². The molecule has 6 heteroatoms. The van der Waals surface area contributed by atoms with Crippen LogP contribution in [-0.2, 0) is 11.2 Å². The van der Waals surface area contributed by atoms with Gasteiger partial charge in [-0.2, -0.15) is 0 Å². The Morgan fingerprint density at radius 3 is 2.75 bits per heavy atom. The Labute approximate surface area is 164 Å². The summed E-state index contributed by atoms with van der Waals surface area (Å²) >= 11 is 0. The van der Waals surface area contributed by atoms with Crippen LogP contribution in [-0.4, -0.2) is 28.0 Å². The number of nitrogens with zero attached hydrogens (tertiary/aromatic N) is 1. The fraction of sp³-hybridized carbons (Fsp3) is 0.364. The van der Waals surface area contributed by atoms with E-state index >= 15 is 0 Å². The third kappa shape index (κ3) is 4.34. The molecule has 0 spiro atoms. The van der Waals surface area contributed by atoms with Crippen molar-refractivity contribution in [3.8, 4) is 11.5 Å². The smallest absolute Gasteiger partial charge is 0.237 e. The van der Waals surface area contributed by atoms with Crippen LogP contribution in [0.2, 0.25) is 0 Å². The first-order valence-electron chi connectivity index (χ1n) is 9.94. The average molecular weight is 378 g/mol. The van der Waals surface area contributed by atoms with Crippen LogP contribution in [0.25, 0.3) is 11.0 Å². The Morgan fingerprint density at radius 2 is 1.96 bits per heavy atom. The number of amides is 1. The van der Waals surface area contributed by atoms with E-state index in [-0.39, 0.29) is 11.9 Å². The first-order valence-corrected chi connectivity index (χ1v) is 9.94. The minimum absolute atomic E-state index is 0.0566. The van der Waals surface area contributed by atoms with Crippen molar-refractivity contribution >= 4 is 16.9 Å². The quantitative estimate of drug-likeness (QED) is 0.610. The third-order valence-corrected chi connectivity index (χ3v) is 5.32. The van der Waals surface area contributed by atoms with Gasteiger partial charge in [-0.3, -0.25) is 4.79 Å². The Hall–Kier alpha value is -2.86. The normalized spacial score (nSPS) is 16.0. The largest absolute Gasteiger partial charge is 0.457 e. The van der Waals surface area contributed by atoms with Crippen LogP contribution in [0.1, 0.15) is 37.7 Å². The molecule has 0 unspecified atom stereocenters. The Bertz CT molecular complexity index is 929. The monoisotopic (exact) mass is 378 g/mol. The van der Waals surface area contributed by atoms with Crippen molar-refractivity contribution in [2.24, 2.45) is 5.73 Å². The highest BCUT2D eigenvalue weighted by molar-refractivity contribution is 5.83. The number of rotatable bonds is 6. The number of H-pyrrole nitrogens is 1. The number of benzene rings is 1. The fourth-order valence-electron chi connectivity index (χ4n) is 3.75. The molecule has 2 heterocycles. The number of hydrogen-bond acceptors (Lipinski definition) is 4. The third-order valence-electron chi connectivity index (χ3n) is 5.32. The van der Waals surface area contributed by atoms with Crippen LogP contribution < -0.4 is 15.8 Å². The summed E-state index contributed by atoms with van der Waals surface area (Å²) < 4.78 is 5.99. The summed E-state index contributed by atoms with van der Waals surface area (Å²) in [4.78, 5) is 19.7. The maximum absolute atomic E-state index is 12.4. The van der Waals surface area contributed by atoms with E-state index in [4.69, 9.17) is 10.5 Å². The standard InChI is InChI=1S/C22H26N4O2/c23-19(22(27)26-16-4-2-1-3-5-16)14-15-6-8-17(9-7-15)28-20-11-13-25-21-18(20)10-12-24-21/h6-13,16,19H,1-5,14,23H2,(H,24,25)(H,26,27)/t19-/m1/s1. The van der Waals surface area contributed by atoms with Gasteiger partial charge in [0.05, 0.1) is 11.4 Å². The van der Waals surface area contributed by atoms with E-state index in [1.54, 1.807) is 6.20 Å². The second-order valence-corrected chi connectivity index (χ2v) is 7.45. The number of fused-ring (bicyclic) bond motifs is 1. The van der Waals surface area contributed by atoms with Gasteiger partial charge in [0.25, 0.3) is 0 Å². The highest BCUT2D eigenvalue weighted by atomic mass is 16.5. The van der Waals surface area contributed by atoms with Gasteiger partial charge in [0.15, 0.2) is 0 Å². The first-order chi connectivity index (χ1) is 13.7. The van der Waals surface area contributed by atoms with E-state index in [1.807, 2.05) is 42.6 Å². The minimum Gasteiger partial charge on any atom is -0.457 e. The van der Waals surface area contributed by atoms with Crippen LogP contribution in [0, 0.1) is 0 Å². The summed E-state index contributed by atoms with van der Waals surface area (Å²) in [6.45, 7) is 0. The summed E-state index contributed by atoms with van der Waals surface area (Å²) in [6, 6.07) is 11.3. The van der Waals surface area contributed by atoms with E-state index in [9.17, 15) is 4.79 Å². The molecule has 2 aromatic heterocycles. The molecule has 1 fully saturated rings. The van der Waals surface area contributed by atoms with Crippen molar-refractivity contribution in [3.63, 3.8) is 0 Å². The van der Waals surface area contributed by atoms with Gasteiger partial charge in [0.1, 0.15) is 17.1 Å². The number of hydrogen-bond donors (Lipinski definition) is 3. The predicted octanol–water partition coefficient (Wildman–Crippen LogP) is 3.67. The van der Waals surface area contributed by atoms with Gasteiger partial charge in [-0.05, 0) is 49.1 Å². The molecule has 1 amide bonds. The molecular formula is C22H26N4O2. The van der Waals surface area contributed by atoms with Gasteiger partial charge < -0.3 is 20.8 Å². The molecule has 0 radical (unpaired) electrons. The summed E-state index contributed by atoms with van der Waals surface area (Å²) in [5.41, 5.74) is 7.93. The number of carbonyl (C=O) groups is 1. The second kappa shape index (κ2) is 8.44. The van der Waals surface area contributed by atoms with Crippen LogP contribution in [0.3, 0.4) is 0 Å². The van der Waals surface area contributed by atoms with Gasteiger partial charge in [-0.1, -0.05) is 31.4 Å². The molecule has 28 heavy (non-hydrogen) atoms. The number of aromatic amines is 1. The van der Waals surface area contributed by atoms with Gasteiger partial charge in [-0.25, -0.2) is 4.98 Å². The summed E-state index contributed by atoms with van der Waals surface area (Å²) in [5.74, 6) is 1.43. The average Bonchev–Trinajstić information content (AvgIpc) is 3.20. The molecular weight excluding hydrogens is 352 g/mol. The molecule has 4 rings (SSSR count). The molecule has 1 aliphatic carbocycles. The van der Waals surface area contributed by atoms with Crippen LogP contribution in [0.4, 0.5) is 0 Å². The molecule has 0 bridgehead atoms. The molecule has 0 saturated heterocycles.